The van der Waals surface area contributed by atoms with Crippen LogP contribution < -0.4 is 4.46 Å². The Morgan fingerprint density at radius 2 is 1.81 bits per heavy atom. The fraction of sp³-hybridized carbons (Fsp3) is 0.581. The Morgan fingerprint density at radius 3 is 2.44 bits per heavy atom. The van der Waals surface area contributed by atoms with Gasteiger partial charge in [-0.15, -0.1) is 0 Å². The number of hydrogen-bond acceptors (Lipinski definition) is 3. The normalized spacial score (nSPS) is 25.7. The van der Waals surface area contributed by atoms with E-state index < -0.39 is 8.32 Å². The molecule has 1 unspecified atom stereocenters. The van der Waals surface area contributed by atoms with Crippen LogP contribution in [0.3, 0.4) is 0 Å². The average Bonchev–Trinajstić information content (AvgIpc) is 2.88. The van der Waals surface area contributed by atoms with Crippen molar-refractivity contribution in [3.63, 3.8) is 0 Å². The average molecular weight is 576 g/mol. The van der Waals surface area contributed by atoms with E-state index in [1.54, 1.807) is 0 Å². The summed E-state index contributed by atoms with van der Waals surface area (Å²) in [4.78, 5) is 13.5. The van der Waals surface area contributed by atoms with Crippen LogP contribution in [0.15, 0.2) is 66.3 Å². The van der Waals surface area contributed by atoms with Gasteiger partial charge in [0.15, 0.2) is 0 Å². The van der Waals surface area contributed by atoms with Gasteiger partial charge in [0.2, 0.25) is 0 Å². The van der Waals surface area contributed by atoms with E-state index in [9.17, 15) is 4.79 Å². The first-order valence-corrected chi connectivity index (χ1v) is 18.2. The molecular formula is C31H48O3SeSi. The molecule has 5 heteroatoms. The van der Waals surface area contributed by atoms with E-state index in [4.69, 9.17) is 9.16 Å². The van der Waals surface area contributed by atoms with Crippen molar-refractivity contribution in [2.45, 2.75) is 103 Å². The predicted molar refractivity (Wildman–Crippen MR) is 157 cm³/mol. The van der Waals surface area contributed by atoms with Gasteiger partial charge in [0.1, 0.15) is 0 Å². The zero-order valence-corrected chi connectivity index (χ0v) is 26.2. The molecule has 0 spiro atoms. The number of ether oxygens (including phenoxy) is 1. The monoisotopic (exact) mass is 576 g/mol. The number of esters is 1. The first-order chi connectivity index (χ1) is 17.2. The summed E-state index contributed by atoms with van der Waals surface area (Å²) >= 11 is 0.0531. The second kappa shape index (κ2) is 15.8. The molecule has 1 heterocycles. The quantitative estimate of drug-likeness (QED) is 0.163. The summed E-state index contributed by atoms with van der Waals surface area (Å²) in [7, 11) is -1.67. The second-order valence-electron chi connectivity index (χ2n) is 10.2. The van der Waals surface area contributed by atoms with Crippen molar-refractivity contribution >= 4 is 33.7 Å². The molecule has 0 bridgehead atoms. The molecular weight excluding hydrogens is 527 g/mol. The number of allylic oxidation sites excluding steroid dienone is 3. The zero-order valence-electron chi connectivity index (χ0n) is 23.5. The number of benzene rings is 1. The molecule has 0 amide bonds. The molecule has 0 saturated carbocycles. The SMILES string of the molecule is CC[Si](CC)(CC)O[C@H](C)[C@@H](C)/C=C(\C)[C@@H]1OC(=O)C([Se]c2ccccc2)CCC/C=C/C=C\[C@@H]1C. The molecule has 0 aromatic heterocycles. The number of hydrogen-bond donors (Lipinski definition) is 0. The number of carbonyl (C=O) groups is 1. The molecule has 200 valence electrons. The maximum atomic E-state index is 13.5. The van der Waals surface area contributed by atoms with E-state index in [1.165, 1.54) is 4.46 Å². The molecule has 0 radical (unpaired) electrons. The zero-order chi connectivity index (χ0) is 26.6. The van der Waals surface area contributed by atoms with E-state index in [0.29, 0.717) is 0 Å². The van der Waals surface area contributed by atoms with Crippen molar-refractivity contribution in [3.8, 4) is 0 Å². The minimum atomic E-state index is -1.67. The van der Waals surface area contributed by atoms with Crippen LogP contribution in [0.25, 0.3) is 0 Å². The van der Waals surface area contributed by atoms with Crippen molar-refractivity contribution in [1.82, 2.24) is 0 Å². The van der Waals surface area contributed by atoms with E-state index in [-0.39, 0.29) is 49.8 Å². The van der Waals surface area contributed by atoms with Crippen LogP contribution in [0.5, 0.6) is 0 Å². The number of carbonyl (C=O) groups excluding carboxylic acids is 1. The molecule has 1 aliphatic rings. The molecule has 1 aromatic carbocycles. The Hall–Kier alpha value is -1.39. The molecule has 5 atom stereocenters. The fourth-order valence-electron chi connectivity index (χ4n) is 4.79. The van der Waals surface area contributed by atoms with Crippen LogP contribution in [0, 0.1) is 11.8 Å². The molecule has 0 saturated heterocycles. The third kappa shape index (κ3) is 9.48. The summed E-state index contributed by atoms with van der Waals surface area (Å²) < 4.78 is 14.3. The van der Waals surface area contributed by atoms with Crippen molar-refractivity contribution < 1.29 is 14.0 Å². The van der Waals surface area contributed by atoms with Crippen LogP contribution in [0.2, 0.25) is 22.9 Å². The molecule has 1 aromatic rings. The van der Waals surface area contributed by atoms with Gasteiger partial charge in [-0.05, 0) is 0 Å². The summed E-state index contributed by atoms with van der Waals surface area (Å²) in [6.07, 6.45) is 13.6. The summed E-state index contributed by atoms with van der Waals surface area (Å²) in [5.41, 5.74) is 1.12. The molecule has 1 aliphatic heterocycles. The van der Waals surface area contributed by atoms with Crippen molar-refractivity contribution in [2.24, 2.45) is 11.8 Å². The van der Waals surface area contributed by atoms with E-state index >= 15 is 0 Å². The van der Waals surface area contributed by atoms with E-state index in [1.807, 2.05) is 6.07 Å². The summed E-state index contributed by atoms with van der Waals surface area (Å²) in [6, 6.07) is 13.9. The molecule has 0 N–H and O–H groups in total. The van der Waals surface area contributed by atoms with Gasteiger partial charge in [-0.2, -0.15) is 0 Å². The molecule has 0 fully saturated rings. The Balaban J connectivity index is 2.25. The van der Waals surface area contributed by atoms with E-state index in [2.05, 4.69) is 103 Å². The Kier molecular flexibility index (Phi) is 13.5. The van der Waals surface area contributed by atoms with Gasteiger partial charge in [-0.25, -0.2) is 0 Å². The first-order valence-electron chi connectivity index (χ1n) is 13.9. The molecule has 0 aliphatic carbocycles. The van der Waals surface area contributed by atoms with Crippen molar-refractivity contribution in [1.29, 1.82) is 0 Å². The van der Waals surface area contributed by atoms with Crippen LogP contribution >= 0.6 is 0 Å². The maximum absolute atomic E-state index is 13.5. The van der Waals surface area contributed by atoms with Gasteiger partial charge in [-0.3, -0.25) is 0 Å². The van der Waals surface area contributed by atoms with Gasteiger partial charge in [0.05, 0.1) is 0 Å². The summed E-state index contributed by atoms with van der Waals surface area (Å²) in [5, 5.41) is 0. The van der Waals surface area contributed by atoms with Gasteiger partial charge in [0, 0.05) is 0 Å². The third-order valence-corrected chi connectivity index (χ3v) is 15.0. The number of rotatable bonds is 10. The predicted octanol–water partition coefficient (Wildman–Crippen LogP) is 7.64. The van der Waals surface area contributed by atoms with Crippen molar-refractivity contribution in [3.05, 3.63) is 66.3 Å². The molecule has 3 nitrogen and oxygen atoms in total. The van der Waals surface area contributed by atoms with Crippen LogP contribution in [-0.4, -0.2) is 41.5 Å². The second-order valence-corrected chi connectivity index (χ2v) is 17.6. The fourth-order valence-corrected chi connectivity index (χ4v) is 10.1. The Bertz CT molecular complexity index is 867. The summed E-state index contributed by atoms with van der Waals surface area (Å²) in [6.45, 7) is 15.5. The summed E-state index contributed by atoms with van der Waals surface area (Å²) in [5.74, 6) is 0.299. The number of cyclic esters (lactones) is 1. The minimum absolute atomic E-state index is 0.0484. The van der Waals surface area contributed by atoms with Gasteiger partial charge in [0.25, 0.3) is 0 Å². The van der Waals surface area contributed by atoms with Crippen LogP contribution in [0.4, 0.5) is 0 Å². The van der Waals surface area contributed by atoms with Crippen LogP contribution in [0.1, 0.15) is 67.7 Å². The van der Waals surface area contributed by atoms with Gasteiger partial charge >= 0.3 is 229 Å². The standard InChI is InChI=1S/C31H48O3SeSi/c1-8-36(9-2,10-3)34-27(7)25(5)23-26(6)30-24(4)19-15-12-11-13-18-22-29(31(32)33-30)35-28-20-16-14-17-21-28/h11-12,14-17,19-21,23-25,27,29-30H,8-10,13,18,22H2,1-7H3/b12-11+,19-15-,26-23+/t24-,25-,27+,29?,30+/m0/s1. The van der Waals surface area contributed by atoms with Gasteiger partial charge in [-0.1, -0.05) is 0 Å². The first kappa shape index (κ1) is 30.8. The van der Waals surface area contributed by atoms with Crippen LogP contribution in [-0.2, 0) is 14.0 Å². The third-order valence-electron chi connectivity index (χ3n) is 7.59. The topological polar surface area (TPSA) is 35.5 Å². The Labute approximate surface area is 228 Å². The Morgan fingerprint density at radius 1 is 1.14 bits per heavy atom. The van der Waals surface area contributed by atoms with Gasteiger partial charge < -0.3 is 0 Å². The molecule has 2 rings (SSSR count). The van der Waals surface area contributed by atoms with Crippen molar-refractivity contribution in [2.75, 3.05) is 0 Å². The van der Waals surface area contributed by atoms with E-state index in [0.717, 1.165) is 43.0 Å². The molecule has 36 heavy (non-hydrogen) atoms.